The minimum atomic E-state index is -0.223. The highest BCUT2D eigenvalue weighted by Crippen LogP contribution is 2.17. The van der Waals surface area contributed by atoms with Crippen LogP contribution in [0.25, 0.3) is 11.0 Å². The van der Waals surface area contributed by atoms with Gasteiger partial charge in [0, 0.05) is 24.8 Å². The molecule has 0 fully saturated rings. The minimum absolute atomic E-state index is 0.223. The highest BCUT2D eigenvalue weighted by molar-refractivity contribution is 6.05. The monoisotopic (exact) mass is 256 g/mol. The van der Waals surface area contributed by atoms with Crippen LogP contribution < -0.4 is 5.32 Å². The Kier molecular flexibility index (Phi) is 2.52. The lowest BCUT2D eigenvalue weighted by Gasteiger charge is -2.02. The number of anilines is 1. The number of carbonyl (C=O) groups is 1. The van der Waals surface area contributed by atoms with Gasteiger partial charge < -0.3 is 5.32 Å². The van der Waals surface area contributed by atoms with Crippen LogP contribution in [0.1, 0.15) is 16.1 Å². The maximum atomic E-state index is 12.1. The number of hydrogen-bond donors (Lipinski definition) is 2. The first-order valence-electron chi connectivity index (χ1n) is 5.74. The fourth-order valence-electron chi connectivity index (χ4n) is 1.95. The predicted octanol–water partition coefficient (Wildman–Crippen LogP) is 1.25. The molecule has 0 aliphatic heterocycles. The number of fused-ring (bicyclic) bond motifs is 1. The number of carbonyl (C=O) groups excluding carboxylic acids is 1. The Labute approximate surface area is 108 Å². The van der Waals surface area contributed by atoms with E-state index in [1.807, 2.05) is 14.0 Å². The summed E-state index contributed by atoms with van der Waals surface area (Å²) in [5, 5.41) is 14.3. The van der Waals surface area contributed by atoms with Crippen molar-refractivity contribution in [1.29, 1.82) is 0 Å². The first-order valence-corrected chi connectivity index (χ1v) is 5.74. The third-order valence-corrected chi connectivity index (χ3v) is 2.88. The minimum Gasteiger partial charge on any atom is -0.319 e. The molecule has 0 unspecified atom stereocenters. The smallest absolute Gasteiger partial charge is 0.257 e. The Morgan fingerprint density at radius 2 is 2.26 bits per heavy atom. The molecule has 3 aromatic heterocycles. The van der Waals surface area contributed by atoms with Crippen molar-refractivity contribution in [3.8, 4) is 0 Å². The molecular formula is C12H12N6O. The Bertz CT molecular complexity index is 743. The Morgan fingerprint density at radius 3 is 3.00 bits per heavy atom. The number of nitrogens with one attached hydrogen (secondary N) is 2. The molecule has 3 heterocycles. The normalized spacial score (nSPS) is 10.8. The van der Waals surface area contributed by atoms with Crippen molar-refractivity contribution in [3.63, 3.8) is 0 Å². The van der Waals surface area contributed by atoms with Crippen LogP contribution >= 0.6 is 0 Å². The molecule has 0 saturated heterocycles. The van der Waals surface area contributed by atoms with E-state index in [2.05, 4.69) is 25.6 Å². The van der Waals surface area contributed by atoms with Gasteiger partial charge in [-0.15, -0.1) is 0 Å². The maximum Gasteiger partial charge on any atom is 0.257 e. The highest BCUT2D eigenvalue weighted by Gasteiger charge is 2.12. The predicted molar refractivity (Wildman–Crippen MR) is 69.8 cm³/mol. The molecule has 7 heteroatoms. The van der Waals surface area contributed by atoms with Gasteiger partial charge in [0.1, 0.15) is 0 Å². The van der Waals surface area contributed by atoms with Gasteiger partial charge in [0.25, 0.3) is 5.91 Å². The third-order valence-electron chi connectivity index (χ3n) is 2.88. The van der Waals surface area contributed by atoms with E-state index in [0.717, 1.165) is 16.7 Å². The zero-order valence-corrected chi connectivity index (χ0v) is 10.5. The van der Waals surface area contributed by atoms with E-state index < -0.39 is 0 Å². The number of pyridine rings is 1. The van der Waals surface area contributed by atoms with Gasteiger partial charge in [0.15, 0.2) is 5.65 Å². The van der Waals surface area contributed by atoms with Crippen molar-refractivity contribution in [2.75, 3.05) is 5.32 Å². The number of amides is 1. The average Bonchev–Trinajstić information content (AvgIpc) is 2.99. The Hall–Kier alpha value is -2.70. The fourth-order valence-corrected chi connectivity index (χ4v) is 1.95. The van der Waals surface area contributed by atoms with Gasteiger partial charge in [-0.1, -0.05) is 0 Å². The van der Waals surface area contributed by atoms with Crippen molar-refractivity contribution in [2.45, 2.75) is 6.92 Å². The van der Waals surface area contributed by atoms with Crippen LogP contribution in [0.2, 0.25) is 0 Å². The van der Waals surface area contributed by atoms with Crippen molar-refractivity contribution in [2.24, 2.45) is 7.05 Å². The summed E-state index contributed by atoms with van der Waals surface area (Å²) in [6.07, 6.45) is 4.69. The largest absolute Gasteiger partial charge is 0.319 e. The summed E-state index contributed by atoms with van der Waals surface area (Å²) in [4.78, 5) is 16.3. The SMILES string of the molecule is Cc1nn(C)c2ncc(C(=O)Nc3cn[nH]c3)cc12. The average molecular weight is 256 g/mol. The molecule has 3 aromatic rings. The number of rotatable bonds is 2. The molecule has 0 atom stereocenters. The molecule has 1 amide bonds. The second kappa shape index (κ2) is 4.20. The molecule has 0 radical (unpaired) electrons. The molecule has 0 aromatic carbocycles. The summed E-state index contributed by atoms with van der Waals surface area (Å²) < 4.78 is 1.70. The summed E-state index contributed by atoms with van der Waals surface area (Å²) in [5.74, 6) is -0.223. The van der Waals surface area contributed by atoms with Gasteiger partial charge in [0.2, 0.25) is 0 Å². The summed E-state index contributed by atoms with van der Waals surface area (Å²) in [7, 11) is 1.83. The maximum absolute atomic E-state index is 12.1. The van der Waals surface area contributed by atoms with Gasteiger partial charge in [0.05, 0.1) is 23.1 Å². The zero-order chi connectivity index (χ0) is 13.4. The zero-order valence-electron chi connectivity index (χ0n) is 10.5. The van der Waals surface area contributed by atoms with Gasteiger partial charge in [-0.25, -0.2) is 4.98 Å². The van der Waals surface area contributed by atoms with Crippen LogP contribution in [0.5, 0.6) is 0 Å². The van der Waals surface area contributed by atoms with Crippen LogP contribution in [0.3, 0.4) is 0 Å². The van der Waals surface area contributed by atoms with Crippen LogP contribution in [0, 0.1) is 6.92 Å². The summed E-state index contributed by atoms with van der Waals surface area (Å²) in [5.41, 5.74) is 2.72. The van der Waals surface area contributed by atoms with Crippen LogP contribution in [0.15, 0.2) is 24.7 Å². The lowest BCUT2D eigenvalue weighted by atomic mass is 10.2. The van der Waals surface area contributed by atoms with Crippen LogP contribution in [-0.4, -0.2) is 30.9 Å². The van der Waals surface area contributed by atoms with Crippen molar-refractivity contribution < 1.29 is 4.79 Å². The van der Waals surface area contributed by atoms with E-state index >= 15 is 0 Å². The number of nitrogens with zero attached hydrogens (tertiary/aromatic N) is 4. The molecule has 3 rings (SSSR count). The lowest BCUT2D eigenvalue weighted by Crippen LogP contribution is -2.11. The standard InChI is InChI=1S/C12H12N6O/c1-7-10-3-8(4-13-11(10)18(2)17-7)12(19)16-9-5-14-15-6-9/h3-6H,1-2H3,(H,14,15)(H,16,19). The van der Waals surface area contributed by atoms with Crippen molar-refractivity contribution >= 4 is 22.6 Å². The molecule has 0 bridgehead atoms. The third kappa shape index (κ3) is 1.95. The van der Waals surface area contributed by atoms with E-state index in [9.17, 15) is 4.79 Å². The topological polar surface area (TPSA) is 88.5 Å². The van der Waals surface area contributed by atoms with Gasteiger partial charge in [-0.05, 0) is 13.0 Å². The van der Waals surface area contributed by atoms with Crippen molar-refractivity contribution in [3.05, 3.63) is 35.9 Å². The first-order chi connectivity index (χ1) is 9.15. The summed E-state index contributed by atoms with van der Waals surface area (Å²) >= 11 is 0. The Balaban J connectivity index is 1.97. The number of hydrogen-bond acceptors (Lipinski definition) is 4. The molecule has 96 valence electrons. The number of aryl methyl sites for hydroxylation is 2. The molecule has 0 saturated carbocycles. The number of aromatic amines is 1. The summed E-state index contributed by atoms with van der Waals surface area (Å²) in [6, 6.07) is 1.79. The molecule has 7 nitrogen and oxygen atoms in total. The molecule has 19 heavy (non-hydrogen) atoms. The lowest BCUT2D eigenvalue weighted by molar-refractivity contribution is 0.102. The van der Waals surface area contributed by atoms with E-state index in [0.29, 0.717) is 11.3 Å². The molecule has 0 spiro atoms. The van der Waals surface area contributed by atoms with E-state index in [4.69, 9.17) is 0 Å². The number of aromatic nitrogens is 5. The second-order valence-corrected chi connectivity index (χ2v) is 4.25. The number of H-pyrrole nitrogens is 1. The van der Waals surface area contributed by atoms with Gasteiger partial charge in [-0.2, -0.15) is 10.2 Å². The molecule has 2 N–H and O–H groups in total. The fraction of sp³-hybridized carbons (Fsp3) is 0.167. The van der Waals surface area contributed by atoms with Crippen LogP contribution in [0.4, 0.5) is 5.69 Å². The highest BCUT2D eigenvalue weighted by atomic mass is 16.1. The second-order valence-electron chi connectivity index (χ2n) is 4.25. The summed E-state index contributed by atoms with van der Waals surface area (Å²) in [6.45, 7) is 1.89. The van der Waals surface area contributed by atoms with Crippen LogP contribution in [-0.2, 0) is 7.05 Å². The van der Waals surface area contributed by atoms with Gasteiger partial charge in [-0.3, -0.25) is 14.6 Å². The quantitative estimate of drug-likeness (QED) is 0.722. The van der Waals surface area contributed by atoms with E-state index in [1.165, 1.54) is 0 Å². The van der Waals surface area contributed by atoms with Crippen molar-refractivity contribution in [1.82, 2.24) is 25.0 Å². The molecule has 0 aliphatic carbocycles. The van der Waals surface area contributed by atoms with Gasteiger partial charge >= 0.3 is 0 Å². The Morgan fingerprint density at radius 1 is 1.42 bits per heavy atom. The molecule has 0 aliphatic rings. The first kappa shape index (κ1) is 11.4. The molecular weight excluding hydrogens is 244 g/mol. The van der Waals surface area contributed by atoms with E-state index in [1.54, 1.807) is 29.3 Å². The van der Waals surface area contributed by atoms with E-state index in [-0.39, 0.29) is 5.91 Å².